The molecule has 1 atom stereocenters. The van der Waals surface area contributed by atoms with Crippen molar-refractivity contribution in [2.45, 2.75) is 40.2 Å². The number of halogens is 1. The van der Waals surface area contributed by atoms with Crippen molar-refractivity contribution in [1.82, 2.24) is 9.88 Å². The van der Waals surface area contributed by atoms with Gasteiger partial charge in [-0.3, -0.25) is 4.79 Å². The summed E-state index contributed by atoms with van der Waals surface area (Å²) in [4.78, 5) is 26.3. The van der Waals surface area contributed by atoms with Crippen LogP contribution in [0, 0.1) is 11.7 Å². The molecule has 8 heteroatoms. The minimum absolute atomic E-state index is 0.0126. The van der Waals surface area contributed by atoms with Gasteiger partial charge >= 0.3 is 5.97 Å². The number of aromatic nitrogens is 1. The Morgan fingerprint density at radius 1 is 1.40 bits per heavy atom. The fourth-order valence-corrected chi connectivity index (χ4v) is 3.59. The van der Waals surface area contributed by atoms with Crippen molar-refractivity contribution in [3.05, 3.63) is 33.9 Å². The summed E-state index contributed by atoms with van der Waals surface area (Å²) in [5.41, 5.74) is -0.369. The summed E-state index contributed by atoms with van der Waals surface area (Å²) < 4.78 is 22.7. The van der Waals surface area contributed by atoms with E-state index in [0.29, 0.717) is 49.7 Å². The van der Waals surface area contributed by atoms with E-state index in [9.17, 15) is 14.7 Å². The SMILES string of the molecule is CCCn1cc(C(=O)O)c(=O)c2cc(F)c(N(CCNC)CC(C)CC)c(OC)c21. The number of hydrogen-bond acceptors (Lipinski definition) is 5. The van der Waals surface area contributed by atoms with Crippen molar-refractivity contribution in [2.75, 3.05) is 38.7 Å². The Morgan fingerprint density at radius 3 is 2.63 bits per heavy atom. The molecule has 0 saturated carbocycles. The van der Waals surface area contributed by atoms with Crippen LogP contribution >= 0.6 is 0 Å². The summed E-state index contributed by atoms with van der Waals surface area (Å²) in [5.74, 6) is -1.34. The zero-order valence-corrected chi connectivity index (χ0v) is 18.4. The quantitative estimate of drug-likeness (QED) is 0.579. The van der Waals surface area contributed by atoms with Crippen LogP contribution < -0.4 is 20.4 Å². The Hall–Kier alpha value is -2.61. The van der Waals surface area contributed by atoms with E-state index < -0.39 is 17.2 Å². The molecule has 2 N–H and O–H groups in total. The Labute approximate surface area is 176 Å². The topological polar surface area (TPSA) is 83.8 Å². The van der Waals surface area contributed by atoms with Crippen molar-refractivity contribution in [3.8, 4) is 5.75 Å². The second-order valence-electron chi connectivity index (χ2n) is 7.57. The molecule has 1 unspecified atom stereocenters. The van der Waals surface area contributed by atoms with Gasteiger partial charge in [-0.25, -0.2) is 9.18 Å². The number of methoxy groups -OCH3 is 1. The normalized spacial score (nSPS) is 12.2. The van der Waals surface area contributed by atoms with E-state index in [1.165, 1.54) is 13.3 Å². The molecule has 30 heavy (non-hydrogen) atoms. The van der Waals surface area contributed by atoms with E-state index >= 15 is 4.39 Å². The number of carboxylic acid groups (broad SMARTS) is 1. The van der Waals surface area contributed by atoms with Gasteiger partial charge in [0.15, 0.2) is 11.6 Å². The molecule has 1 aromatic carbocycles. The lowest BCUT2D eigenvalue weighted by atomic mass is 10.1. The zero-order valence-electron chi connectivity index (χ0n) is 18.4. The van der Waals surface area contributed by atoms with E-state index in [1.807, 2.05) is 18.9 Å². The van der Waals surface area contributed by atoms with Crippen LogP contribution in [0.4, 0.5) is 10.1 Å². The van der Waals surface area contributed by atoms with Crippen LogP contribution in [0.5, 0.6) is 5.75 Å². The third kappa shape index (κ3) is 4.75. The molecule has 0 bridgehead atoms. The number of fused-ring (bicyclic) bond motifs is 1. The molecular formula is C22H32FN3O4. The van der Waals surface area contributed by atoms with Crippen LogP contribution in [0.25, 0.3) is 10.9 Å². The summed E-state index contributed by atoms with van der Waals surface area (Å²) in [6.45, 7) is 8.44. The highest BCUT2D eigenvalue weighted by Crippen LogP contribution is 2.38. The van der Waals surface area contributed by atoms with Gasteiger partial charge in [0, 0.05) is 32.4 Å². The summed E-state index contributed by atoms with van der Waals surface area (Å²) in [7, 11) is 3.28. The fourth-order valence-electron chi connectivity index (χ4n) is 3.59. The number of carbonyl (C=O) groups is 1. The third-order valence-corrected chi connectivity index (χ3v) is 5.32. The maximum atomic E-state index is 15.4. The number of aromatic carboxylic acids is 1. The van der Waals surface area contributed by atoms with Gasteiger partial charge in [0.05, 0.1) is 18.0 Å². The third-order valence-electron chi connectivity index (χ3n) is 5.32. The number of ether oxygens (including phenoxy) is 1. The van der Waals surface area contributed by atoms with Gasteiger partial charge in [0.25, 0.3) is 0 Å². The molecule has 0 spiro atoms. The van der Waals surface area contributed by atoms with E-state index in [1.54, 1.807) is 4.57 Å². The molecule has 0 saturated heterocycles. The van der Waals surface area contributed by atoms with Gasteiger partial charge in [0.2, 0.25) is 5.43 Å². The lowest BCUT2D eigenvalue weighted by Crippen LogP contribution is -2.35. The molecule has 0 fully saturated rings. The number of anilines is 1. The molecule has 1 heterocycles. The van der Waals surface area contributed by atoms with Crippen LogP contribution in [-0.4, -0.2) is 49.4 Å². The Bertz CT molecular complexity index is 958. The molecule has 0 aliphatic carbocycles. The summed E-state index contributed by atoms with van der Waals surface area (Å²) in [5, 5.41) is 12.5. The molecule has 0 aliphatic heterocycles. The predicted molar refractivity (Wildman–Crippen MR) is 118 cm³/mol. The van der Waals surface area contributed by atoms with E-state index in [2.05, 4.69) is 19.2 Å². The Kier molecular flexibility index (Phi) is 8.23. The standard InChI is InChI=1S/C22H32FN3O4/c1-6-9-25-13-16(22(28)29)20(27)15-11-17(23)19(21(30-5)18(15)25)26(10-8-24-4)12-14(3)7-2/h11,13-14,24H,6-10,12H2,1-5H3,(H,28,29). The lowest BCUT2D eigenvalue weighted by Gasteiger charge is -2.30. The number of nitrogens with zero attached hydrogens (tertiary/aromatic N) is 2. The number of carboxylic acids is 1. The minimum atomic E-state index is -1.33. The van der Waals surface area contributed by atoms with Crippen molar-refractivity contribution in [1.29, 1.82) is 0 Å². The fraction of sp³-hybridized carbons (Fsp3) is 0.545. The molecule has 0 amide bonds. The van der Waals surface area contributed by atoms with Gasteiger partial charge < -0.3 is 24.6 Å². The maximum Gasteiger partial charge on any atom is 0.341 e. The van der Waals surface area contributed by atoms with Crippen molar-refractivity contribution >= 4 is 22.6 Å². The molecule has 166 valence electrons. The number of aryl methyl sites for hydroxylation is 1. The highest BCUT2D eigenvalue weighted by atomic mass is 19.1. The van der Waals surface area contributed by atoms with Crippen molar-refractivity contribution < 1.29 is 19.0 Å². The highest BCUT2D eigenvalue weighted by Gasteiger charge is 2.26. The lowest BCUT2D eigenvalue weighted by molar-refractivity contribution is 0.0694. The second kappa shape index (κ2) is 10.4. The average Bonchev–Trinajstić information content (AvgIpc) is 2.72. The largest absolute Gasteiger partial charge is 0.492 e. The number of benzene rings is 1. The van der Waals surface area contributed by atoms with E-state index in [-0.39, 0.29) is 16.7 Å². The van der Waals surface area contributed by atoms with Crippen LogP contribution in [0.1, 0.15) is 44.0 Å². The monoisotopic (exact) mass is 421 g/mol. The van der Waals surface area contributed by atoms with Gasteiger partial charge in [0.1, 0.15) is 11.3 Å². The van der Waals surface area contributed by atoms with Crippen LogP contribution in [-0.2, 0) is 6.54 Å². The molecular weight excluding hydrogens is 389 g/mol. The van der Waals surface area contributed by atoms with Gasteiger partial charge in [-0.05, 0) is 25.5 Å². The highest BCUT2D eigenvalue weighted by molar-refractivity contribution is 5.97. The molecule has 7 nitrogen and oxygen atoms in total. The van der Waals surface area contributed by atoms with Gasteiger partial charge in [-0.2, -0.15) is 0 Å². The second-order valence-corrected chi connectivity index (χ2v) is 7.57. The van der Waals surface area contributed by atoms with Gasteiger partial charge in [-0.1, -0.05) is 27.2 Å². The molecule has 2 aromatic rings. The van der Waals surface area contributed by atoms with Crippen molar-refractivity contribution in [3.63, 3.8) is 0 Å². The number of likely N-dealkylation sites (N-methyl/N-ethyl adjacent to an activating group) is 1. The van der Waals surface area contributed by atoms with Crippen LogP contribution in [0.15, 0.2) is 17.1 Å². The van der Waals surface area contributed by atoms with E-state index in [0.717, 1.165) is 12.5 Å². The molecule has 0 radical (unpaired) electrons. The number of pyridine rings is 1. The summed E-state index contributed by atoms with van der Waals surface area (Å²) in [6, 6.07) is 1.15. The first-order chi connectivity index (χ1) is 14.3. The Balaban J connectivity index is 2.87. The smallest absolute Gasteiger partial charge is 0.341 e. The molecule has 1 aromatic heterocycles. The van der Waals surface area contributed by atoms with Crippen LogP contribution in [0.2, 0.25) is 0 Å². The zero-order chi connectivity index (χ0) is 22.4. The summed E-state index contributed by atoms with van der Waals surface area (Å²) in [6.07, 6.45) is 2.98. The summed E-state index contributed by atoms with van der Waals surface area (Å²) >= 11 is 0. The minimum Gasteiger partial charge on any atom is -0.492 e. The maximum absolute atomic E-state index is 15.4. The molecule has 0 aliphatic rings. The van der Waals surface area contributed by atoms with Crippen LogP contribution in [0.3, 0.4) is 0 Å². The number of rotatable bonds is 11. The Morgan fingerprint density at radius 2 is 2.10 bits per heavy atom. The number of hydrogen-bond donors (Lipinski definition) is 2. The molecule has 2 rings (SSSR count). The first-order valence-corrected chi connectivity index (χ1v) is 10.4. The predicted octanol–water partition coefficient (Wildman–Crippen LogP) is 3.33. The first kappa shape index (κ1) is 23.7. The number of nitrogens with one attached hydrogen (secondary N) is 1. The van der Waals surface area contributed by atoms with E-state index in [4.69, 9.17) is 4.74 Å². The van der Waals surface area contributed by atoms with Gasteiger partial charge in [-0.15, -0.1) is 0 Å². The van der Waals surface area contributed by atoms with Crippen molar-refractivity contribution in [2.24, 2.45) is 5.92 Å². The first-order valence-electron chi connectivity index (χ1n) is 10.4. The average molecular weight is 422 g/mol.